The smallest absolute Gasteiger partial charge is 0.337 e. The summed E-state index contributed by atoms with van der Waals surface area (Å²) in [6, 6.07) is 19.2. The first kappa shape index (κ1) is 20.9. The number of carbonyl (C=O) groups excluding carboxylic acids is 1. The largest absolute Gasteiger partial charge is 0.465 e. The summed E-state index contributed by atoms with van der Waals surface area (Å²) in [6.07, 6.45) is 0. The van der Waals surface area contributed by atoms with Gasteiger partial charge >= 0.3 is 5.97 Å². The van der Waals surface area contributed by atoms with Crippen LogP contribution in [-0.2, 0) is 11.3 Å². The van der Waals surface area contributed by atoms with E-state index < -0.39 is 5.97 Å². The van der Waals surface area contributed by atoms with E-state index in [4.69, 9.17) is 9.84 Å². The minimum absolute atomic E-state index is 0.335. The Balaban J connectivity index is 1.82. The summed E-state index contributed by atoms with van der Waals surface area (Å²) >= 11 is 3.63. The van der Waals surface area contributed by atoms with Crippen molar-refractivity contribution in [2.24, 2.45) is 0 Å². The van der Waals surface area contributed by atoms with Crippen LogP contribution in [0.1, 0.15) is 15.9 Å². The minimum atomic E-state index is -0.422. The Morgan fingerprint density at radius 3 is 2.19 bits per heavy atom. The van der Waals surface area contributed by atoms with Gasteiger partial charge in [-0.2, -0.15) is 5.10 Å². The fourth-order valence-corrected chi connectivity index (χ4v) is 4.06. The van der Waals surface area contributed by atoms with Gasteiger partial charge in [0.2, 0.25) is 0 Å². The van der Waals surface area contributed by atoms with Crippen molar-refractivity contribution < 1.29 is 18.3 Å². The maximum atomic E-state index is 13.5. The van der Waals surface area contributed by atoms with Crippen LogP contribution < -0.4 is 0 Å². The fourth-order valence-electron chi connectivity index (χ4n) is 3.32. The average Bonchev–Trinajstić information content (AvgIpc) is 3.10. The Bertz CT molecular complexity index is 1240. The Kier molecular flexibility index (Phi) is 5.95. The zero-order valence-electron chi connectivity index (χ0n) is 16.5. The first-order chi connectivity index (χ1) is 15.0. The van der Waals surface area contributed by atoms with Crippen LogP contribution in [0.15, 0.2) is 77.3 Å². The third kappa shape index (κ3) is 4.41. The van der Waals surface area contributed by atoms with E-state index in [-0.39, 0.29) is 11.6 Å². The molecule has 0 aliphatic heterocycles. The lowest BCUT2D eigenvalue weighted by molar-refractivity contribution is 0.0600. The average molecular weight is 483 g/mol. The van der Waals surface area contributed by atoms with Crippen LogP contribution in [0.3, 0.4) is 0 Å². The van der Waals surface area contributed by atoms with Crippen molar-refractivity contribution in [3.63, 3.8) is 0 Å². The van der Waals surface area contributed by atoms with Crippen molar-refractivity contribution in [2.45, 2.75) is 6.54 Å². The lowest BCUT2D eigenvalue weighted by Crippen LogP contribution is -2.06. The molecule has 156 valence electrons. The molecule has 4 nitrogen and oxygen atoms in total. The number of aromatic nitrogens is 2. The number of methoxy groups -OCH3 is 1. The quantitative estimate of drug-likeness (QED) is 0.323. The van der Waals surface area contributed by atoms with Gasteiger partial charge in [-0.25, -0.2) is 13.6 Å². The second kappa shape index (κ2) is 8.81. The number of esters is 1. The molecule has 31 heavy (non-hydrogen) atoms. The van der Waals surface area contributed by atoms with Gasteiger partial charge in [0.05, 0.1) is 29.4 Å². The topological polar surface area (TPSA) is 44.1 Å². The molecule has 0 bridgehead atoms. The molecule has 1 heterocycles. The van der Waals surface area contributed by atoms with Crippen LogP contribution in [0.5, 0.6) is 0 Å². The zero-order chi connectivity index (χ0) is 22.0. The molecule has 0 saturated heterocycles. The Hall–Kier alpha value is -3.32. The predicted molar refractivity (Wildman–Crippen MR) is 118 cm³/mol. The summed E-state index contributed by atoms with van der Waals surface area (Å²) < 4.78 is 34.2. The van der Waals surface area contributed by atoms with Crippen LogP contribution in [0, 0.1) is 11.6 Å². The predicted octanol–water partition coefficient (Wildman–Crippen LogP) is 6.09. The van der Waals surface area contributed by atoms with E-state index in [0.29, 0.717) is 22.3 Å². The third-order valence-electron chi connectivity index (χ3n) is 4.81. The molecule has 0 aliphatic carbocycles. The van der Waals surface area contributed by atoms with Crippen molar-refractivity contribution >= 4 is 21.9 Å². The molecule has 7 heteroatoms. The molecule has 0 saturated carbocycles. The molecule has 0 spiro atoms. The van der Waals surface area contributed by atoms with E-state index in [2.05, 4.69) is 15.9 Å². The molecular formula is C24H17BrF2N2O2. The van der Waals surface area contributed by atoms with E-state index in [1.807, 2.05) is 6.07 Å². The Labute approximate surface area is 186 Å². The number of halogens is 3. The van der Waals surface area contributed by atoms with Crippen molar-refractivity contribution in [1.82, 2.24) is 9.78 Å². The monoisotopic (exact) mass is 482 g/mol. The maximum absolute atomic E-state index is 13.5. The van der Waals surface area contributed by atoms with Gasteiger partial charge in [0, 0.05) is 11.1 Å². The van der Waals surface area contributed by atoms with Gasteiger partial charge in [-0.1, -0.05) is 12.1 Å². The maximum Gasteiger partial charge on any atom is 0.337 e. The number of rotatable bonds is 5. The van der Waals surface area contributed by atoms with E-state index in [1.54, 1.807) is 47.1 Å². The molecule has 0 fully saturated rings. The number of hydrogen-bond acceptors (Lipinski definition) is 3. The first-order valence-corrected chi connectivity index (χ1v) is 10.2. The Morgan fingerprint density at radius 2 is 1.58 bits per heavy atom. The highest BCUT2D eigenvalue weighted by atomic mass is 79.9. The van der Waals surface area contributed by atoms with Gasteiger partial charge in [0.25, 0.3) is 0 Å². The second-order valence-electron chi connectivity index (χ2n) is 6.87. The number of ether oxygens (including phenoxy) is 1. The van der Waals surface area contributed by atoms with Crippen LogP contribution in [0.25, 0.3) is 22.5 Å². The van der Waals surface area contributed by atoms with E-state index in [0.717, 1.165) is 22.4 Å². The third-order valence-corrected chi connectivity index (χ3v) is 5.56. The highest BCUT2D eigenvalue weighted by Gasteiger charge is 2.19. The van der Waals surface area contributed by atoms with Gasteiger partial charge < -0.3 is 4.74 Å². The molecule has 3 aromatic carbocycles. The summed E-state index contributed by atoms with van der Waals surface area (Å²) in [5.74, 6) is -1.09. The molecule has 0 N–H and O–H groups in total. The van der Waals surface area contributed by atoms with Gasteiger partial charge in [-0.15, -0.1) is 0 Å². The number of hydrogen-bond donors (Lipinski definition) is 0. The normalized spacial score (nSPS) is 10.8. The lowest BCUT2D eigenvalue weighted by atomic mass is 10.1. The Morgan fingerprint density at radius 1 is 0.968 bits per heavy atom. The molecule has 0 radical (unpaired) electrons. The van der Waals surface area contributed by atoms with E-state index in [9.17, 15) is 13.6 Å². The van der Waals surface area contributed by atoms with E-state index >= 15 is 0 Å². The molecule has 4 aromatic rings. The van der Waals surface area contributed by atoms with Gasteiger partial charge in [-0.3, -0.25) is 4.68 Å². The minimum Gasteiger partial charge on any atom is -0.465 e. The SMILES string of the molecule is COC(=O)c1cccc(Cn2nc(-c3ccc(F)cc3)c(Br)c2-c2ccc(F)cc2)c1. The molecule has 4 rings (SSSR count). The van der Waals surface area contributed by atoms with Crippen molar-refractivity contribution in [3.05, 3.63) is 100 Å². The summed E-state index contributed by atoms with van der Waals surface area (Å²) in [6.45, 7) is 0.358. The van der Waals surface area contributed by atoms with Crippen molar-refractivity contribution in [1.29, 1.82) is 0 Å². The van der Waals surface area contributed by atoms with Crippen molar-refractivity contribution in [3.8, 4) is 22.5 Å². The van der Waals surface area contributed by atoms with Crippen molar-refractivity contribution in [2.75, 3.05) is 7.11 Å². The molecule has 0 amide bonds. The number of benzene rings is 3. The number of carbonyl (C=O) groups is 1. The molecule has 0 atom stereocenters. The van der Waals surface area contributed by atoms with Crippen LogP contribution in [0.4, 0.5) is 8.78 Å². The summed E-state index contributed by atoms with van der Waals surface area (Å²) in [7, 11) is 1.33. The summed E-state index contributed by atoms with van der Waals surface area (Å²) in [4.78, 5) is 11.9. The first-order valence-electron chi connectivity index (χ1n) is 9.41. The van der Waals surface area contributed by atoms with E-state index in [1.165, 1.54) is 31.4 Å². The number of nitrogens with zero attached hydrogens (tertiary/aromatic N) is 2. The molecular weight excluding hydrogens is 466 g/mol. The van der Waals surface area contributed by atoms with Gasteiger partial charge in [0.1, 0.15) is 17.3 Å². The standard InChI is InChI=1S/C24H17BrF2N2O2/c1-31-24(30)18-4-2-3-15(13-18)14-29-23(17-7-11-20(27)12-8-17)21(25)22(28-29)16-5-9-19(26)10-6-16/h2-13H,14H2,1H3. The summed E-state index contributed by atoms with van der Waals surface area (Å²) in [5.41, 5.74) is 4.14. The molecule has 0 aliphatic rings. The van der Waals surface area contributed by atoms with Gasteiger partial charge in [0.15, 0.2) is 0 Å². The fraction of sp³-hybridized carbons (Fsp3) is 0.0833. The highest BCUT2D eigenvalue weighted by molar-refractivity contribution is 9.10. The summed E-state index contributed by atoms with van der Waals surface area (Å²) in [5, 5.41) is 4.74. The van der Waals surface area contributed by atoms with Gasteiger partial charge in [-0.05, 0) is 82.2 Å². The van der Waals surface area contributed by atoms with Crippen LogP contribution in [0.2, 0.25) is 0 Å². The second-order valence-corrected chi connectivity index (χ2v) is 7.67. The lowest BCUT2D eigenvalue weighted by Gasteiger charge is -2.09. The van der Waals surface area contributed by atoms with Crippen LogP contribution in [-0.4, -0.2) is 22.9 Å². The molecule has 0 unspecified atom stereocenters. The molecule has 1 aromatic heterocycles. The highest BCUT2D eigenvalue weighted by Crippen LogP contribution is 2.37. The zero-order valence-corrected chi connectivity index (χ0v) is 18.1. The van der Waals surface area contributed by atoms with Crippen LogP contribution >= 0.6 is 15.9 Å².